The van der Waals surface area contributed by atoms with Crippen molar-refractivity contribution in [2.75, 3.05) is 11.6 Å². The molecule has 0 amide bonds. The van der Waals surface area contributed by atoms with Gasteiger partial charge in [-0.25, -0.2) is 4.79 Å². The summed E-state index contributed by atoms with van der Waals surface area (Å²) in [5.41, 5.74) is 1.79. The second kappa shape index (κ2) is 5.56. The van der Waals surface area contributed by atoms with Crippen molar-refractivity contribution in [1.29, 1.82) is 0 Å². The molecular formula is C17H15ClN2O4. The predicted molar refractivity (Wildman–Crippen MR) is 89.8 cm³/mol. The van der Waals surface area contributed by atoms with Gasteiger partial charge in [0.25, 0.3) is 0 Å². The first-order valence-corrected chi connectivity index (χ1v) is 8.03. The Labute approximate surface area is 142 Å². The number of halogens is 1. The maximum atomic E-state index is 11.9. The highest BCUT2D eigenvalue weighted by atomic mass is 35.5. The van der Waals surface area contributed by atoms with E-state index in [-0.39, 0.29) is 5.63 Å². The van der Waals surface area contributed by atoms with Gasteiger partial charge in [0.15, 0.2) is 12.5 Å². The number of aryl methyl sites for hydroxylation is 2. The van der Waals surface area contributed by atoms with E-state index in [1.54, 1.807) is 6.07 Å². The highest BCUT2D eigenvalue weighted by Gasteiger charge is 2.26. The summed E-state index contributed by atoms with van der Waals surface area (Å²) in [5, 5.41) is 5.36. The highest BCUT2D eigenvalue weighted by Crippen LogP contribution is 2.40. The van der Waals surface area contributed by atoms with Gasteiger partial charge in [-0.05, 0) is 25.0 Å². The average Bonchev–Trinajstić information content (AvgIpc) is 3.01. The number of benzene rings is 1. The summed E-state index contributed by atoms with van der Waals surface area (Å²) in [6, 6.07) is 5.13. The van der Waals surface area contributed by atoms with Crippen LogP contribution in [-0.2, 0) is 13.0 Å². The van der Waals surface area contributed by atoms with Gasteiger partial charge in [0.05, 0.1) is 17.1 Å². The number of aromatic nitrogens is 1. The number of hydrogen-bond donors (Lipinski definition) is 0. The van der Waals surface area contributed by atoms with Crippen molar-refractivity contribution in [3.05, 3.63) is 50.5 Å². The number of hydrogen-bond acceptors (Lipinski definition) is 6. The molecule has 0 saturated carbocycles. The maximum Gasteiger partial charge on any atom is 0.336 e. The fourth-order valence-electron chi connectivity index (χ4n) is 2.99. The Hall–Kier alpha value is -2.47. The summed E-state index contributed by atoms with van der Waals surface area (Å²) in [4.78, 5) is 13.8. The van der Waals surface area contributed by atoms with Crippen LogP contribution in [0.4, 0.5) is 5.82 Å². The van der Waals surface area contributed by atoms with E-state index in [9.17, 15) is 4.79 Å². The molecule has 0 fully saturated rings. The van der Waals surface area contributed by atoms with E-state index in [0.29, 0.717) is 47.6 Å². The van der Waals surface area contributed by atoms with Gasteiger partial charge in [-0.1, -0.05) is 23.7 Å². The molecule has 0 atom stereocenters. The summed E-state index contributed by atoms with van der Waals surface area (Å²) in [5.74, 6) is 1.93. The maximum absolute atomic E-state index is 11.9. The Morgan fingerprint density at radius 1 is 1.33 bits per heavy atom. The third-order valence-corrected chi connectivity index (χ3v) is 4.44. The molecule has 2 aromatic heterocycles. The van der Waals surface area contributed by atoms with Crippen LogP contribution in [0.15, 0.2) is 31.9 Å². The molecule has 1 aliphatic rings. The molecule has 0 spiro atoms. The van der Waals surface area contributed by atoms with Crippen LogP contribution >= 0.6 is 11.6 Å². The zero-order valence-corrected chi connectivity index (χ0v) is 14.0. The van der Waals surface area contributed by atoms with Crippen molar-refractivity contribution in [1.82, 2.24) is 5.16 Å². The van der Waals surface area contributed by atoms with Gasteiger partial charge in [0.1, 0.15) is 17.1 Å². The fraction of sp³-hybridized carbons (Fsp3) is 0.294. The lowest BCUT2D eigenvalue weighted by Crippen LogP contribution is -2.32. The van der Waals surface area contributed by atoms with Crippen LogP contribution < -0.4 is 15.3 Å². The van der Waals surface area contributed by atoms with Gasteiger partial charge < -0.3 is 18.6 Å². The number of anilines is 1. The van der Waals surface area contributed by atoms with E-state index in [1.807, 2.05) is 24.8 Å². The number of rotatable bonds is 2. The first-order chi connectivity index (χ1) is 11.6. The number of nitrogens with zero attached hydrogens (tertiary/aromatic N) is 2. The molecule has 0 bridgehead atoms. The molecular weight excluding hydrogens is 332 g/mol. The normalized spacial score (nSPS) is 13.9. The SMILES string of the molecule is CCc1cc(=O)oc2c3c(c(Cl)cc12)OCN(c1cc(C)on1)C3. The van der Waals surface area contributed by atoms with Crippen molar-refractivity contribution in [2.24, 2.45) is 0 Å². The second-order valence-electron chi connectivity index (χ2n) is 5.75. The molecule has 0 N–H and O–H groups in total. The molecule has 4 rings (SSSR count). The lowest BCUT2D eigenvalue weighted by atomic mass is 10.0. The van der Waals surface area contributed by atoms with E-state index in [2.05, 4.69) is 5.16 Å². The molecule has 0 unspecified atom stereocenters. The zero-order valence-electron chi connectivity index (χ0n) is 13.3. The van der Waals surface area contributed by atoms with Crippen molar-refractivity contribution in [2.45, 2.75) is 26.8 Å². The van der Waals surface area contributed by atoms with Gasteiger partial charge in [-0.2, -0.15) is 0 Å². The summed E-state index contributed by atoms with van der Waals surface area (Å²) in [6.45, 7) is 4.58. The van der Waals surface area contributed by atoms with Crippen molar-refractivity contribution >= 4 is 28.4 Å². The van der Waals surface area contributed by atoms with Crippen LogP contribution in [0.25, 0.3) is 11.0 Å². The number of fused-ring (bicyclic) bond motifs is 3. The lowest BCUT2D eigenvalue weighted by Gasteiger charge is -2.29. The van der Waals surface area contributed by atoms with E-state index in [0.717, 1.165) is 16.5 Å². The third-order valence-electron chi connectivity index (χ3n) is 4.16. The Bertz CT molecular complexity index is 992. The Morgan fingerprint density at radius 2 is 2.17 bits per heavy atom. The minimum Gasteiger partial charge on any atom is -0.471 e. The average molecular weight is 347 g/mol. The van der Waals surface area contributed by atoms with Gasteiger partial charge in [-0.15, -0.1) is 0 Å². The zero-order chi connectivity index (χ0) is 16.8. The van der Waals surface area contributed by atoms with Gasteiger partial charge in [0.2, 0.25) is 0 Å². The second-order valence-corrected chi connectivity index (χ2v) is 6.16. The molecule has 124 valence electrons. The molecule has 3 heterocycles. The summed E-state index contributed by atoms with van der Waals surface area (Å²) >= 11 is 6.39. The Morgan fingerprint density at radius 3 is 2.88 bits per heavy atom. The predicted octanol–water partition coefficient (Wildman–Crippen LogP) is 3.66. The van der Waals surface area contributed by atoms with Crippen molar-refractivity contribution in [3.63, 3.8) is 0 Å². The quantitative estimate of drug-likeness (QED) is 0.659. The molecule has 0 radical (unpaired) electrons. The molecule has 0 saturated heterocycles. The van der Waals surface area contributed by atoms with Crippen LogP contribution in [0.5, 0.6) is 5.75 Å². The largest absolute Gasteiger partial charge is 0.471 e. The minimum atomic E-state index is -0.377. The molecule has 3 aromatic rings. The lowest BCUT2D eigenvalue weighted by molar-refractivity contribution is 0.285. The summed E-state index contributed by atoms with van der Waals surface area (Å²) in [6.07, 6.45) is 0.713. The van der Waals surface area contributed by atoms with Crippen LogP contribution in [0, 0.1) is 6.92 Å². The van der Waals surface area contributed by atoms with Crippen LogP contribution in [-0.4, -0.2) is 11.9 Å². The Balaban J connectivity index is 1.90. The van der Waals surface area contributed by atoms with Gasteiger partial charge in [0, 0.05) is 17.5 Å². The van der Waals surface area contributed by atoms with Crippen molar-refractivity contribution in [3.8, 4) is 5.75 Å². The molecule has 1 aliphatic heterocycles. The van der Waals surface area contributed by atoms with E-state index in [1.165, 1.54) is 6.07 Å². The monoisotopic (exact) mass is 346 g/mol. The van der Waals surface area contributed by atoms with Crippen LogP contribution in [0.2, 0.25) is 5.02 Å². The molecule has 0 aliphatic carbocycles. The fourth-order valence-corrected chi connectivity index (χ4v) is 3.27. The number of ether oxygens (including phenoxy) is 1. The van der Waals surface area contributed by atoms with Gasteiger partial charge >= 0.3 is 5.63 Å². The van der Waals surface area contributed by atoms with Crippen molar-refractivity contribution < 1.29 is 13.7 Å². The first-order valence-electron chi connectivity index (χ1n) is 7.66. The first kappa shape index (κ1) is 15.1. The van der Waals surface area contributed by atoms with E-state index < -0.39 is 0 Å². The van der Waals surface area contributed by atoms with Gasteiger partial charge in [-0.3, -0.25) is 0 Å². The highest BCUT2D eigenvalue weighted by molar-refractivity contribution is 6.33. The minimum absolute atomic E-state index is 0.294. The molecule has 24 heavy (non-hydrogen) atoms. The molecule has 6 nitrogen and oxygen atoms in total. The van der Waals surface area contributed by atoms with Crippen LogP contribution in [0.1, 0.15) is 23.8 Å². The van der Waals surface area contributed by atoms with E-state index in [4.69, 9.17) is 25.3 Å². The van der Waals surface area contributed by atoms with E-state index >= 15 is 0 Å². The van der Waals surface area contributed by atoms with Crippen LogP contribution in [0.3, 0.4) is 0 Å². The third kappa shape index (κ3) is 2.34. The summed E-state index contributed by atoms with van der Waals surface area (Å²) in [7, 11) is 0. The summed E-state index contributed by atoms with van der Waals surface area (Å²) < 4.78 is 16.4. The molecule has 7 heteroatoms. The standard InChI is InChI=1S/C17H15ClN2O4/c1-3-10-5-15(21)23-16-11(10)6-13(18)17-12(16)7-20(8-22-17)14-4-9(2)24-19-14/h4-6H,3,7-8H2,1-2H3. The smallest absolute Gasteiger partial charge is 0.336 e. The Kier molecular flexibility index (Phi) is 3.49. The topological polar surface area (TPSA) is 68.7 Å². The molecule has 1 aromatic carbocycles.